The van der Waals surface area contributed by atoms with Crippen LogP contribution in [0.3, 0.4) is 0 Å². The molecule has 0 unspecified atom stereocenters. The van der Waals surface area contributed by atoms with Gasteiger partial charge in [-0.05, 0) is 30.7 Å². The first-order chi connectivity index (χ1) is 9.10. The number of benzene rings is 1. The lowest BCUT2D eigenvalue weighted by atomic mass is 10.1. The Hall–Kier alpha value is -2.12. The van der Waals surface area contributed by atoms with Crippen LogP contribution in [0.25, 0.3) is 11.6 Å². The van der Waals surface area contributed by atoms with E-state index in [9.17, 15) is 5.26 Å². The van der Waals surface area contributed by atoms with Crippen LogP contribution in [-0.4, -0.2) is 19.1 Å². The molecule has 1 heterocycles. The Labute approximate surface area is 117 Å². The molecule has 0 radical (unpaired) electrons. The van der Waals surface area contributed by atoms with Gasteiger partial charge in [-0.25, -0.2) is 4.98 Å². The molecule has 0 atom stereocenters. The van der Waals surface area contributed by atoms with Crippen LogP contribution in [0.2, 0.25) is 0 Å². The molecule has 0 saturated heterocycles. The lowest BCUT2D eigenvalue weighted by Crippen LogP contribution is -2.07. The molecule has 3 nitrogen and oxygen atoms in total. The zero-order valence-corrected chi connectivity index (χ0v) is 12.0. The highest BCUT2D eigenvalue weighted by Crippen LogP contribution is 2.22. The lowest BCUT2D eigenvalue weighted by molar-refractivity contribution is 1.13. The van der Waals surface area contributed by atoms with Gasteiger partial charge in [-0.1, -0.05) is 12.1 Å². The average Bonchev–Trinajstić information content (AvgIpc) is 2.83. The van der Waals surface area contributed by atoms with Gasteiger partial charge >= 0.3 is 0 Å². The van der Waals surface area contributed by atoms with Crippen molar-refractivity contribution >= 4 is 28.7 Å². The number of hydrogen-bond acceptors (Lipinski definition) is 4. The standard InChI is InChI=1S/C15H15N3S/c1-11-10-19-15(17-11)13(9-16)8-12-4-6-14(7-5-12)18(2)3/h4-8,10H,1-3H3/b13-8+. The molecule has 0 aliphatic heterocycles. The molecule has 0 saturated carbocycles. The van der Waals surface area contributed by atoms with E-state index in [1.807, 2.05) is 61.6 Å². The van der Waals surface area contributed by atoms with E-state index in [2.05, 4.69) is 11.1 Å². The summed E-state index contributed by atoms with van der Waals surface area (Å²) in [7, 11) is 4.01. The molecule has 0 spiro atoms. The zero-order chi connectivity index (χ0) is 13.8. The summed E-state index contributed by atoms with van der Waals surface area (Å²) >= 11 is 1.50. The van der Waals surface area contributed by atoms with Crippen molar-refractivity contribution in [3.05, 3.63) is 45.9 Å². The van der Waals surface area contributed by atoms with Crippen molar-refractivity contribution in [3.63, 3.8) is 0 Å². The van der Waals surface area contributed by atoms with Crippen LogP contribution >= 0.6 is 11.3 Å². The van der Waals surface area contributed by atoms with E-state index in [4.69, 9.17) is 0 Å². The lowest BCUT2D eigenvalue weighted by Gasteiger charge is -2.11. The number of hydrogen-bond donors (Lipinski definition) is 0. The van der Waals surface area contributed by atoms with Crippen molar-refractivity contribution in [3.8, 4) is 6.07 Å². The Bertz CT molecular complexity index is 630. The predicted molar refractivity (Wildman–Crippen MR) is 81.1 cm³/mol. The summed E-state index contributed by atoms with van der Waals surface area (Å²) in [5.74, 6) is 0. The highest BCUT2D eigenvalue weighted by Gasteiger charge is 2.05. The number of thiazole rings is 1. The maximum Gasteiger partial charge on any atom is 0.134 e. The van der Waals surface area contributed by atoms with Crippen molar-refractivity contribution in [2.24, 2.45) is 0 Å². The number of aromatic nitrogens is 1. The van der Waals surface area contributed by atoms with Gasteiger partial charge in [0.25, 0.3) is 0 Å². The SMILES string of the molecule is Cc1csc(/C(C#N)=C/c2ccc(N(C)C)cc2)n1. The van der Waals surface area contributed by atoms with Crippen LogP contribution in [0.1, 0.15) is 16.3 Å². The fourth-order valence-electron chi connectivity index (χ4n) is 1.65. The summed E-state index contributed by atoms with van der Waals surface area (Å²) < 4.78 is 0. The molecular formula is C15H15N3S. The summed E-state index contributed by atoms with van der Waals surface area (Å²) in [6.45, 7) is 1.93. The number of aryl methyl sites for hydroxylation is 1. The van der Waals surface area contributed by atoms with Crippen LogP contribution in [-0.2, 0) is 0 Å². The fourth-order valence-corrected chi connectivity index (χ4v) is 2.42. The second-order valence-corrected chi connectivity index (χ2v) is 5.31. The monoisotopic (exact) mass is 269 g/mol. The van der Waals surface area contributed by atoms with E-state index in [0.717, 1.165) is 22.0 Å². The van der Waals surface area contributed by atoms with Crippen molar-refractivity contribution in [1.29, 1.82) is 5.26 Å². The van der Waals surface area contributed by atoms with Crippen LogP contribution < -0.4 is 4.90 Å². The van der Waals surface area contributed by atoms with E-state index in [1.54, 1.807) is 0 Å². The van der Waals surface area contributed by atoms with Gasteiger partial charge in [0.1, 0.15) is 11.1 Å². The summed E-state index contributed by atoms with van der Waals surface area (Å²) in [5.41, 5.74) is 3.70. The molecule has 1 aromatic heterocycles. The van der Waals surface area contributed by atoms with E-state index in [1.165, 1.54) is 11.3 Å². The molecule has 0 aliphatic carbocycles. The number of rotatable bonds is 3. The average molecular weight is 269 g/mol. The Morgan fingerprint density at radius 1 is 1.32 bits per heavy atom. The summed E-state index contributed by atoms with van der Waals surface area (Å²) in [4.78, 5) is 6.39. The predicted octanol–water partition coefficient (Wildman–Crippen LogP) is 3.58. The van der Waals surface area contributed by atoms with Crippen LogP contribution in [0.4, 0.5) is 5.69 Å². The van der Waals surface area contributed by atoms with Crippen molar-refractivity contribution in [2.45, 2.75) is 6.92 Å². The normalized spacial score (nSPS) is 11.2. The molecule has 19 heavy (non-hydrogen) atoms. The minimum absolute atomic E-state index is 0.607. The van der Waals surface area contributed by atoms with Gasteiger partial charge < -0.3 is 4.90 Å². The maximum atomic E-state index is 9.23. The first-order valence-corrected chi connectivity index (χ1v) is 6.80. The Kier molecular flexibility index (Phi) is 3.98. The van der Waals surface area contributed by atoms with E-state index >= 15 is 0 Å². The fraction of sp³-hybridized carbons (Fsp3) is 0.200. The first-order valence-electron chi connectivity index (χ1n) is 5.92. The van der Waals surface area contributed by atoms with E-state index in [0.29, 0.717) is 5.57 Å². The zero-order valence-electron chi connectivity index (χ0n) is 11.2. The Balaban J connectivity index is 2.31. The van der Waals surface area contributed by atoms with Gasteiger partial charge in [-0.15, -0.1) is 11.3 Å². The van der Waals surface area contributed by atoms with Crippen LogP contribution in [0.15, 0.2) is 29.6 Å². The second kappa shape index (κ2) is 5.68. The number of nitriles is 1. The van der Waals surface area contributed by atoms with Crippen LogP contribution in [0, 0.1) is 18.3 Å². The highest BCUT2D eigenvalue weighted by molar-refractivity contribution is 7.11. The van der Waals surface area contributed by atoms with Crippen LogP contribution in [0.5, 0.6) is 0 Å². The molecule has 0 aliphatic rings. The topological polar surface area (TPSA) is 39.9 Å². The number of anilines is 1. The summed E-state index contributed by atoms with van der Waals surface area (Å²) in [6, 6.07) is 10.3. The van der Waals surface area contributed by atoms with Gasteiger partial charge in [0.2, 0.25) is 0 Å². The van der Waals surface area contributed by atoms with Crippen molar-refractivity contribution < 1.29 is 0 Å². The van der Waals surface area contributed by atoms with Crippen molar-refractivity contribution in [2.75, 3.05) is 19.0 Å². The highest BCUT2D eigenvalue weighted by atomic mass is 32.1. The molecule has 4 heteroatoms. The molecule has 0 amide bonds. The third-order valence-electron chi connectivity index (χ3n) is 2.69. The minimum atomic E-state index is 0.607. The van der Waals surface area contributed by atoms with Gasteiger partial charge in [0.05, 0.1) is 5.57 Å². The molecule has 0 bridgehead atoms. The van der Waals surface area contributed by atoms with Gasteiger partial charge in [-0.3, -0.25) is 0 Å². The third-order valence-corrected chi connectivity index (χ3v) is 3.68. The minimum Gasteiger partial charge on any atom is -0.378 e. The molecule has 0 N–H and O–H groups in total. The molecule has 2 rings (SSSR count). The maximum absolute atomic E-state index is 9.23. The summed E-state index contributed by atoms with van der Waals surface area (Å²) in [5, 5.41) is 12.0. The molecule has 0 fully saturated rings. The van der Waals surface area contributed by atoms with Gasteiger partial charge in [0, 0.05) is 30.9 Å². The number of nitrogens with zero attached hydrogens (tertiary/aromatic N) is 3. The number of allylic oxidation sites excluding steroid dienone is 1. The molecule has 2 aromatic rings. The molecule has 1 aromatic carbocycles. The largest absolute Gasteiger partial charge is 0.378 e. The quantitative estimate of drug-likeness (QED) is 0.800. The van der Waals surface area contributed by atoms with E-state index in [-0.39, 0.29) is 0 Å². The molecular weight excluding hydrogens is 254 g/mol. The Morgan fingerprint density at radius 3 is 2.47 bits per heavy atom. The van der Waals surface area contributed by atoms with E-state index < -0.39 is 0 Å². The van der Waals surface area contributed by atoms with Crippen molar-refractivity contribution in [1.82, 2.24) is 4.98 Å². The first kappa shape index (κ1) is 13.3. The Morgan fingerprint density at radius 2 is 2.00 bits per heavy atom. The smallest absolute Gasteiger partial charge is 0.134 e. The molecule has 96 valence electrons. The third kappa shape index (κ3) is 3.21. The summed E-state index contributed by atoms with van der Waals surface area (Å²) in [6.07, 6.45) is 1.87. The van der Waals surface area contributed by atoms with Gasteiger partial charge in [-0.2, -0.15) is 5.26 Å². The second-order valence-electron chi connectivity index (χ2n) is 4.45. The van der Waals surface area contributed by atoms with Gasteiger partial charge in [0.15, 0.2) is 0 Å².